The van der Waals surface area contributed by atoms with E-state index in [-0.39, 0.29) is 28.9 Å². The van der Waals surface area contributed by atoms with E-state index < -0.39 is 23.0 Å². The second-order valence-corrected chi connectivity index (χ2v) is 8.15. The first kappa shape index (κ1) is 25.7. The lowest BCUT2D eigenvalue weighted by molar-refractivity contribution is 0.0987. The second-order valence-electron chi connectivity index (χ2n) is 8.15. The number of phenols is 1. The number of hydrogen-bond acceptors (Lipinski definition) is 5. The predicted molar refractivity (Wildman–Crippen MR) is 137 cm³/mol. The largest absolute Gasteiger partial charge is 0.508 e. The monoisotopic (exact) mass is 508 g/mol. The maximum Gasteiger partial charge on any atom is 0.263 e. The molecule has 7 nitrogen and oxygen atoms in total. The van der Waals surface area contributed by atoms with Crippen molar-refractivity contribution >= 4 is 22.5 Å². The van der Waals surface area contributed by atoms with Gasteiger partial charge in [0.05, 0.1) is 24.4 Å². The maximum absolute atomic E-state index is 13.9. The van der Waals surface area contributed by atoms with E-state index in [1.54, 1.807) is 29.7 Å². The van der Waals surface area contributed by atoms with Gasteiger partial charge in [0.15, 0.2) is 0 Å². The van der Waals surface area contributed by atoms with Gasteiger partial charge in [0.25, 0.3) is 5.91 Å². The number of hydrogen-bond donors (Lipinski definition) is 1. The van der Waals surface area contributed by atoms with Gasteiger partial charge in [0.1, 0.15) is 34.4 Å². The number of benzene rings is 3. The number of phenolic OH excluding ortho intramolecular Hbond substituents is 1. The molecule has 1 amide bonds. The molecule has 37 heavy (non-hydrogen) atoms. The zero-order valence-electron chi connectivity index (χ0n) is 20.6. The Morgan fingerprint density at radius 2 is 1.54 bits per heavy atom. The van der Waals surface area contributed by atoms with Crippen LogP contribution in [-0.4, -0.2) is 35.3 Å². The van der Waals surface area contributed by atoms with Crippen molar-refractivity contribution in [2.75, 3.05) is 24.7 Å². The highest BCUT2D eigenvalue weighted by Crippen LogP contribution is 2.29. The molecular formula is C28H26F2N2O5. The third-order valence-corrected chi connectivity index (χ3v) is 5.70. The molecule has 1 N–H and O–H groups in total. The lowest BCUT2D eigenvalue weighted by Gasteiger charge is -2.22. The predicted octanol–water partition coefficient (Wildman–Crippen LogP) is 5.44. The fourth-order valence-electron chi connectivity index (χ4n) is 4.16. The van der Waals surface area contributed by atoms with Crippen molar-refractivity contribution in [1.82, 2.24) is 4.57 Å². The van der Waals surface area contributed by atoms with E-state index in [9.17, 15) is 23.5 Å². The van der Waals surface area contributed by atoms with Crippen LogP contribution < -0.4 is 19.8 Å². The van der Waals surface area contributed by atoms with Gasteiger partial charge >= 0.3 is 0 Å². The minimum Gasteiger partial charge on any atom is -0.508 e. The summed E-state index contributed by atoms with van der Waals surface area (Å²) in [6.45, 7) is 6.18. The summed E-state index contributed by atoms with van der Waals surface area (Å²) in [6.07, 6.45) is 1.35. The fraction of sp³-hybridized carbons (Fsp3) is 0.214. The number of ether oxygens (including phenoxy) is 2. The van der Waals surface area contributed by atoms with E-state index in [0.29, 0.717) is 42.0 Å². The molecule has 0 radical (unpaired) electrons. The molecule has 4 aromatic rings. The van der Waals surface area contributed by atoms with Crippen molar-refractivity contribution < 1.29 is 28.2 Å². The SMILES string of the molecule is CCOc1cc(OCC)cc(-n2cc(C(=O)N(CC)c3cc(F)cc(F)c3)c(=O)c3ccc(O)cc32)c1. The Labute approximate surface area is 212 Å². The molecule has 3 aromatic carbocycles. The molecular weight excluding hydrogens is 482 g/mol. The molecule has 0 unspecified atom stereocenters. The van der Waals surface area contributed by atoms with Gasteiger partial charge in [-0.25, -0.2) is 8.78 Å². The van der Waals surface area contributed by atoms with Gasteiger partial charge < -0.3 is 24.0 Å². The van der Waals surface area contributed by atoms with E-state index >= 15 is 0 Å². The number of carbonyl (C=O) groups excluding carboxylic acids is 1. The van der Waals surface area contributed by atoms with E-state index in [1.807, 2.05) is 13.8 Å². The summed E-state index contributed by atoms with van der Waals surface area (Å²) in [6, 6.07) is 12.1. The van der Waals surface area contributed by atoms with Crippen molar-refractivity contribution in [3.05, 3.63) is 88.2 Å². The summed E-state index contributed by atoms with van der Waals surface area (Å²) < 4.78 is 40.8. The van der Waals surface area contributed by atoms with Crippen molar-refractivity contribution in [1.29, 1.82) is 0 Å². The van der Waals surface area contributed by atoms with Crippen LogP contribution in [0.15, 0.2) is 65.6 Å². The van der Waals surface area contributed by atoms with E-state index in [2.05, 4.69) is 0 Å². The first-order chi connectivity index (χ1) is 17.7. The number of aromatic nitrogens is 1. The second kappa shape index (κ2) is 10.7. The van der Waals surface area contributed by atoms with Gasteiger partial charge in [-0.05, 0) is 45.0 Å². The van der Waals surface area contributed by atoms with Crippen molar-refractivity contribution in [2.45, 2.75) is 20.8 Å². The Kier molecular flexibility index (Phi) is 7.42. The molecule has 9 heteroatoms. The standard InChI is InChI=1S/C28H26F2N2O5/c1-4-31(19-10-17(29)9-18(30)11-19)28(35)25-16-32(26-14-21(33)7-8-24(26)27(25)34)20-12-22(36-5-2)15-23(13-20)37-6-3/h7-16,33H,4-6H2,1-3H3. The smallest absolute Gasteiger partial charge is 0.263 e. The van der Waals surface area contributed by atoms with Gasteiger partial charge in [-0.3, -0.25) is 9.59 Å². The van der Waals surface area contributed by atoms with E-state index in [0.717, 1.165) is 17.0 Å². The molecule has 0 aliphatic carbocycles. The third-order valence-electron chi connectivity index (χ3n) is 5.70. The number of carbonyl (C=O) groups is 1. The summed E-state index contributed by atoms with van der Waals surface area (Å²) in [5.41, 5.74) is 0.0390. The quantitative estimate of drug-likeness (QED) is 0.343. The van der Waals surface area contributed by atoms with Gasteiger partial charge in [0, 0.05) is 54.1 Å². The van der Waals surface area contributed by atoms with Crippen LogP contribution in [0.2, 0.25) is 0 Å². The molecule has 0 saturated heterocycles. The average molecular weight is 509 g/mol. The topological polar surface area (TPSA) is 81.0 Å². The van der Waals surface area contributed by atoms with Gasteiger partial charge in [-0.15, -0.1) is 0 Å². The number of pyridine rings is 1. The number of aromatic hydroxyl groups is 1. The number of fused-ring (bicyclic) bond motifs is 1. The Morgan fingerprint density at radius 3 is 2.11 bits per heavy atom. The Balaban J connectivity index is 1.97. The van der Waals surface area contributed by atoms with Gasteiger partial charge in [-0.1, -0.05) is 0 Å². The summed E-state index contributed by atoms with van der Waals surface area (Å²) in [5.74, 6) is -1.47. The molecule has 0 aliphatic heterocycles. The van der Waals surface area contributed by atoms with Crippen molar-refractivity contribution in [3.8, 4) is 22.9 Å². The number of nitrogens with zero attached hydrogens (tertiary/aromatic N) is 2. The van der Waals surface area contributed by atoms with E-state index in [4.69, 9.17) is 9.47 Å². The highest BCUT2D eigenvalue weighted by atomic mass is 19.1. The molecule has 192 valence electrons. The normalized spacial score (nSPS) is 10.9. The molecule has 1 heterocycles. The first-order valence-corrected chi connectivity index (χ1v) is 11.8. The lowest BCUT2D eigenvalue weighted by Crippen LogP contribution is -2.35. The van der Waals surface area contributed by atoms with Crippen molar-refractivity contribution in [2.24, 2.45) is 0 Å². The molecule has 0 spiro atoms. The summed E-state index contributed by atoms with van der Waals surface area (Å²) in [5, 5.41) is 10.3. The van der Waals surface area contributed by atoms with Crippen LogP contribution in [0.4, 0.5) is 14.5 Å². The molecule has 0 fully saturated rings. The fourth-order valence-corrected chi connectivity index (χ4v) is 4.16. The molecule has 1 aromatic heterocycles. The van der Waals surface area contributed by atoms with Crippen molar-refractivity contribution in [3.63, 3.8) is 0 Å². The number of amides is 1. The third kappa shape index (κ3) is 5.25. The molecule has 0 atom stereocenters. The first-order valence-electron chi connectivity index (χ1n) is 11.8. The molecule has 0 saturated carbocycles. The van der Waals surface area contributed by atoms with Crippen LogP contribution in [0.25, 0.3) is 16.6 Å². The lowest BCUT2D eigenvalue weighted by atomic mass is 10.1. The Bertz CT molecular complexity index is 1490. The van der Waals surface area contributed by atoms with Crippen LogP contribution in [0.3, 0.4) is 0 Å². The van der Waals surface area contributed by atoms with E-state index in [1.165, 1.54) is 24.4 Å². The number of rotatable bonds is 8. The zero-order valence-corrected chi connectivity index (χ0v) is 20.6. The highest BCUT2D eigenvalue weighted by Gasteiger charge is 2.23. The van der Waals surface area contributed by atoms with Crippen LogP contribution in [0, 0.1) is 11.6 Å². The maximum atomic E-state index is 13.9. The Hall–Kier alpha value is -4.40. The summed E-state index contributed by atoms with van der Waals surface area (Å²) in [7, 11) is 0. The van der Waals surface area contributed by atoms with Crippen LogP contribution in [-0.2, 0) is 0 Å². The number of halogens is 2. The minimum absolute atomic E-state index is 0.0151. The Morgan fingerprint density at radius 1 is 0.919 bits per heavy atom. The molecule has 4 rings (SSSR count). The zero-order chi connectivity index (χ0) is 26.7. The molecule has 0 aliphatic rings. The minimum atomic E-state index is -0.844. The van der Waals surface area contributed by atoms with Gasteiger partial charge in [0.2, 0.25) is 5.43 Å². The van der Waals surface area contributed by atoms with Crippen LogP contribution in [0.1, 0.15) is 31.1 Å². The van der Waals surface area contributed by atoms with Crippen LogP contribution in [0.5, 0.6) is 17.2 Å². The van der Waals surface area contributed by atoms with Crippen LogP contribution >= 0.6 is 0 Å². The molecule has 0 bridgehead atoms. The summed E-state index contributed by atoms with van der Waals surface area (Å²) in [4.78, 5) is 28.2. The number of anilines is 1. The summed E-state index contributed by atoms with van der Waals surface area (Å²) >= 11 is 0. The van der Waals surface area contributed by atoms with Gasteiger partial charge in [-0.2, -0.15) is 0 Å². The average Bonchev–Trinajstić information content (AvgIpc) is 2.84. The highest BCUT2D eigenvalue weighted by molar-refractivity contribution is 6.07.